The van der Waals surface area contributed by atoms with E-state index in [2.05, 4.69) is 0 Å². The first-order valence-electron chi connectivity index (χ1n) is 4.13. The predicted octanol–water partition coefficient (Wildman–Crippen LogP) is 1.95. The van der Waals surface area contributed by atoms with Gasteiger partial charge < -0.3 is 5.73 Å². The van der Waals surface area contributed by atoms with Gasteiger partial charge in [-0.15, -0.1) is 12.4 Å². The normalized spacial score (nSPS) is 44.7. The molecule has 0 aliphatic heterocycles. The molecule has 0 aromatic rings. The van der Waals surface area contributed by atoms with Crippen molar-refractivity contribution in [2.75, 3.05) is 0 Å². The zero-order chi connectivity index (χ0) is 6.27. The van der Waals surface area contributed by atoms with Crippen LogP contribution in [-0.4, -0.2) is 6.04 Å². The van der Waals surface area contributed by atoms with Crippen molar-refractivity contribution in [3.63, 3.8) is 0 Å². The van der Waals surface area contributed by atoms with Crippen molar-refractivity contribution in [1.82, 2.24) is 0 Å². The van der Waals surface area contributed by atoms with Gasteiger partial charge in [-0.05, 0) is 31.1 Å². The molecule has 1 nitrogen and oxygen atoms in total. The third kappa shape index (κ3) is 1.17. The summed E-state index contributed by atoms with van der Waals surface area (Å²) in [6.45, 7) is 0. The molecule has 0 bridgehead atoms. The summed E-state index contributed by atoms with van der Waals surface area (Å²) in [7, 11) is 0. The lowest BCUT2D eigenvalue weighted by Gasteiger charge is -2.44. The smallest absolute Gasteiger partial charge is 0.00698 e. The number of hydrogen-bond acceptors (Lipinski definition) is 1. The Bertz CT molecular complexity index is 110. The summed E-state index contributed by atoms with van der Waals surface area (Å²) in [5.74, 6) is 1.97. The maximum Gasteiger partial charge on any atom is 0.00698 e. The molecule has 0 saturated heterocycles. The minimum atomic E-state index is 0. The second-order valence-electron chi connectivity index (χ2n) is 3.60. The van der Waals surface area contributed by atoms with Crippen LogP contribution in [0.5, 0.6) is 0 Å². The minimum absolute atomic E-state index is 0. The molecule has 2 fully saturated rings. The number of nitrogens with two attached hydrogens (primary N) is 1. The van der Waals surface area contributed by atoms with Gasteiger partial charge in [0.25, 0.3) is 0 Å². The molecule has 60 valence electrons. The quantitative estimate of drug-likeness (QED) is 0.578. The Morgan fingerprint density at radius 2 is 1.80 bits per heavy atom. The fourth-order valence-corrected chi connectivity index (χ4v) is 2.35. The standard InChI is InChI=1S/C8H15N.ClH/c9-8-3-1-2-6-4-5-7(6)8;/h6-8H,1-5,9H2;1H/t6-,7+,8?;/m1./s1. The highest BCUT2D eigenvalue weighted by molar-refractivity contribution is 5.85. The molecule has 0 spiro atoms. The van der Waals surface area contributed by atoms with E-state index < -0.39 is 0 Å². The van der Waals surface area contributed by atoms with Crippen molar-refractivity contribution < 1.29 is 0 Å². The van der Waals surface area contributed by atoms with E-state index in [1.165, 1.54) is 32.1 Å². The number of rotatable bonds is 0. The van der Waals surface area contributed by atoms with E-state index >= 15 is 0 Å². The highest BCUT2D eigenvalue weighted by Gasteiger charge is 2.37. The predicted molar refractivity (Wildman–Crippen MR) is 45.3 cm³/mol. The van der Waals surface area contributed by atoms with Gasteiger partial charge in [0, 0.05) is 6.04 Å². The molecule has 0 radical (unpaired) electrons. The molecule has 0 aromatic heterocycles. The molecule has 2 saturated carbocycles. The van der Waals surface area contributed by atoms with E-state index in [9.17, 15) is 0 Å². The van der Waals surface area contributed by atoms with Crippen LogP contribution >= 0.6 is 12.4 Å². The zero-order valence-electron chi connectivity index (χ0n) is 6.25. The largest absolute Gasteiger partial charge is 0.327 e. The second kappa shape index (κ2) is 3.10. The molecule has 10 heavy (non-hydrogen) atoms. The number of fused-ring (bicyclic) bond motifs is 1. The molecule has 0 heterocycles. The summed E-state index contributed by atoms with van der Waals surface area (Å²) in [4.78, 5) is 0. The van der Waals surface area contributed by atoms with Gasteiger partial charge in [0.2, 0.25) is 0 Å². The van der Waals surface area contributed by atoms with E-state index in [0.717, 1.165) is 11.8 Å². The highest BCUT2D eigenvalue weighted by Crippen LogP contribution is 2.43. The summed E-state index contributed by atoms with van der Waals surface area (Å²) < 4.78 is 0. The summed E-state index contributed by atoms with van der Waals surface area (Å²) in [5, 5.41) is 0. The van der Waals surface area contributed by atoms with Crippen LogP contribution in [0.25, 0.3) is 0 Å². The Morgan fingerprint density at radius 3 is 2.20 bits per heavy atom. The van der Waals surface area contributed by atoms with Gasteiger partial charge in [-0.2, -0.15) is 0 Å². The third-order valence-corrected chi connectivity index (χ3v) is 3.14. The van der Waals surface area contributed by atoms with E-state index in [1.807, 2.05) is 0 Å². The van der Waals surface area contributed by atoms with Gasteiger partial charge in [-0.25, -0.2) is 0 Å². The topological polar surface area (TPSA) is 26.0 Å². The van der Waals surface area contributed by atoms with Gasteiger partial charge in [-0.1, -0.05) is 12.8 Å². The lowest BCUT2D eigenvalue weighted by molar-refractivity contribution is 0.0927. The minimum Gasteiger partial charge on any atom is -0.327 e. The highest BCUT2D eigenvalue weighted by atomic mass is 35.5. The van der Waals surface area contributed by atoms with Crippen LogP contribution in [-0.2, 0) is 0 Å². The van der Waals surface area contributed by atoms with Gasteiger partial charge in [0.05, 0.1) is 0 Å². The molecule has 1 unspecified atom stereocenters. The van der Waals surface area contributed by atoms with E-state index in [4.69, 9.17) is 5.73 Å². The van der Waals surface area contributed by atoms with E-state index in [0.29, 0.717) is 6.04 Å². The fourth-order valence-electron chi connectivity index (χ4n) is 2.35. The van der Waals surface area contributed by atoms with Crippen LogP contribution in [0.3, 0.4) is 0 Å². The van der Waals surface area contributed by atoms with Crippen LogP contribution in [0.15, 0.2) is 0 Å². The summed E-state index contributed by atoms with van der Waals surface area (Å²) >= 11 is 0. The molecule has 2 rings (SSSR count). The molecule has 2 heteroatoms. The summed E-state index contributed by atoms with van der Waals surface area (Å²) in [6.07, 6.45) is 7.05. The van der Waals surface area contributed by atoms with Gasteiger partial charge in [-0.3, -0.25) is 0 Å². The van der Waals surface area contributed by atoms with Crippen LogP contribution < -0.4 is 5.73 Å². The SMILES string of the molecule is Cl.NC1CCC[C@@H]2CC[C@H]12. The average molecular weight is 162 g/mol. The maximum absolute atomic E-state index is 5.92. The van der Waals surface area contributed by atoms with Gasteiger partial charge in [0.15, 0.2) is 0 Å². The molecule has 0 amide bonds. The van der Waals surface area contributed by atoms with Crippen LogP contribution in [0.1, 0.15) is 32.1 Å². The number of halogens is 1. The second-order valence-corrected chi connectivity index (χ2v) is 3.60. The van der Waals surface area contributed by atoms with Crippen molar-refractivity contribution in [3.05, 3.63) is 0 Å². The molecule has 3 atom stereocenters. The first-order valence-corrected chi connectivity index (χ1v) is 4.13. The molecule has 2 N–H and O–H groups in total. The van der Waals surface area contributed by atoms with Crippen LogP contribution in [0, 0.1) is 11.8 Å². The third-order valence-electron chi connectivity index (χ3n) is 3.14. The average Bonchev–Trinajstić information content (AvgIpc) is 1.74. The van der Waals surface area contributed by atoms with Crippen molar-refractivity contribution in [3.8, 4) is 0 Å². The summed E-state index contributed by atoms with van der Waals surface area (Å²) in [6, 6.07) is 0.567. The molecule has 0 aromatic carbocycles. The Morgan fingerprint density at radius 1 is 1.00 bits per heavy atom. The van der Waals surface area contributed by atoms with Crippen molar-refractivity contribution >= 4 is 12.4 Å². The zero-order valence-corrected chi connectivity index (χ0v) is 7.07. The van der Waals surface area contributed by atoms with E-state index in [1.54, 1.807) is 0 Å². The number of hydrogen-bond donors (Lipinski definition) is 1. The maximum atomic E-state index is 5.92. The first-order chi connectivity index (χ1) is 4.38. The Hall–Kier alpha value is 0.250. The van der Waals surface area contributed by atoms with Crippen molar-refractivity contribution in [2.45, 2.75) is 38.1 Å². The monoisotopic (exact) mass is 161 g/mol. The molecular formula is C8H16ClN. The fraction of sp³-hybridized carbons (Fsp3) is 1.00. The lowest BCUT2D eigenvalue weighted by Crippen LogP contribution is -2.44. The van der Waals surface area contributed by atoms with Crippen LogP contribution in [0.2, 0.25) is 0 Å². The Kier molecular flexibility index (Phi) is 2.59. The Balaban J connectivity index is 0.000000500. The molecular weight excluding hydrogens is 146 g/mol. The Labute approximate surface area is 68.8 Å². The molecule has 2 aliphatic rings. The molecule has 2 aliphatic carbocycles. The van der Waals surface area contributed by atoms with Gasteiger partial charge >= 0.3 is 0 Å². The van der Waals surface area contributed by atoms with Crippen LogP contribution in [0.4, 0.5) is 0 Å². The lowest BCUT2D eigenvalue weighted by atomic mass is 9.63. The van der Waals surface area contributed by atoms with Crippen molar-refractivity contribution in [2.24, 2.45) is 17.6 Å². The van der Waals surface area contributed by atoms with Gasteiger partial charge in [0.1, 0.15) is 0 Å². The summed E-state index contributed by atoms with van der Waals surface area (Å²) in [5.41, 5.74) is 5.92. The first kappa shape index (κ1) is 8.35. The van der Waals surface area contributed by atoms with E-state index in [-0.39, 0.29) is 12.4 Å². The van der Waals surface area contributed by atoms with Crippen molar-refractivity contribution in [1.29, 1.82) is 0 Å².